The van der Waals surface area contributed by atoms with Crippen molar-refractivity contribution in [2.24, 2.45) is 0 Å². The number of nitrogens with one attached hydrogen (secondary N) is 2. The van der Waals surface area contributed by atoms with E-state index in [4.69, 9.17) is 4.74 Å². The van der Waals surface area contributed by atoms with Crippen molar-refractivity contribution < 1.29 is 17.9 Å². The lowest BCUT2D eigenvalue weighted by molar-refractivity contribution is -0.122. The molecular weight excluding hydrogens is 436 g/mol. The maximum atomic E-state index is 13.1. The Hall–Kier alpha value is -2.64. The Morgan fingerprint density at radius 2 is 1.91 bits per heavy atom. The topological polar surface area (TPSA) is 84.5 Å². The molecule has 1 amide bonds. The van der Waals surface area contributed by atoms with E-state index in [0.29, 0.717) is 18.9 Å². The van der Waals surface area contributed by atoms with E-state index in [-0.39, 0.29) is 17.2 Å². The molecule has 0 saturated heterocycles. The normalized spacial score (nSPS) is 14.9. The van der Waals surface area contributed by atoms with Crippen LogP contribution in [-0.2, 0) is 21.2 Å². The average Bonchev–Trinajstić information content (AvgIpc) is 2.81. The Balaban J connectivity index is 1.73. The molecule has 0 saturated carbocycles. The van der Waals surface area contributed by atoms with Crippen molar-refractivity contribution in [1.82, 2.24) is 10.0 Å². The molecule has 2 aromatic carbocycles. The van der Waals surface area contributed by atoms with Gasteiger partial charge in [0.05, 0.1) is 11.5 Å². The summed E-state index contributed by atoms with van der Waals surface area (Å²) in [7, 11) is -3.90. The van der Waals surface area contributed by atoms with Crippen LogP contribution in [0.15, 0.2) is 65.1 Å². The molecule has 0 radical (unpaired) electrons. The first-order valence-electron chi connectivity index (χ1n) is 11.6. The molecule has 0 aliphatic heterocycles. The molecule has 0 fully saturated rings. The van der Waals surface area contributed by atoms with Crippen LogP contribution in [0, 0.1) is 6.92 Å². The minimum absolute atomic E-state index is 0.113. The number of rotatable bonds is 11. The second kappa shape index (κ2) is 12.0. The number of carbonyl (C=O) groups excluding carboxylic acids is 1. The van der Waals surface area contributed by atoms with Crippen LogP contribution in [0.2, 0.25) is 0 Å². The highest BCUT2D eigenvalue weighted by Crippen LogP contribution is 2.22. The highest BCUT2D eigenvalue weighted by molar-refractivity contribution is 7.89. The van der Waals surface area contributed by atoms with Crippen molar-refractivity contribution in [3.63, 3.8) is 0 Å². The molecule has 33 heavy (non-hydrogen) atoms. The molecule has 2 N–H and O–H groups in total. The van der Waals surface area contributed by atoms with E-state index in [1.54, 1.807) is 19.1 Å². The first-order valence-corrected chi connectivity index (χ1v) is 13.1. The molecule has 3 rings (SSSR count). The molecule has 0 aromatic heterocycles. The van der Waals surface area contributed by atoms with Gasteiger partial charge >= 0.3 is 0 Å². The molecule has 0 spiro atoms. The lowest BCUT2D eigenvalue weighted by atomic mass is 9.97. The van der Waals surface area contributed by atoms with Crippen LogP contribution in [0.1, 0.15) is 50.2 Å². The molecule has 1 aliphatic rings. The van der Waals surface area contributed by atoms with E-state index >= 15 is 0 Å². The van der Waals surface area contributed by atoms with Gasteiger partial charge in [-0.1, -0.05) is 42.0 Å². The Bertz CT molecular complexity index is 1060. The maximum Gasteiger partial charge on any atom is 0.241 e. The maximum absolute atomic E-state index is 13.1. The standard InChI is InChI=1S/C26H34N2O4S/c1-3-32-25-15-14-23(18-20(25)2)33(30,31)28-24(19-22-12-8-5-9-13-22)26(29)27-17-16-21-10-6-4-7-11-21/h5,8-10,12-15,18,24,28H,3-4,6-7,11,16-17,19H2,1-2H3,(H,27,29). The number of hydrogen-bond donors (Lipinski definition) is 2. The lowest BCUT2D eigenvalue weighted by Crippen LogP contribution is -2.48. The van der Waals surface area contributed by atoms with Crippen LogP contribution in [0.25, 0.3) is 0 Å². The van der Waals surface area contributed by atoms with Gasteiger partial charge in [0.2, 0.25) is 15.9 Å². The number of aryl methyl sites for hydroxylation is 1. The minimum atomic E-state index is -3.90. The van der Waals surface area contributed by atoms with Crippen LogP contribution in [-0.4, -0.2) is 33.5 Å². The van der Waals surface area contributed by atoms with Crippen molar-refractivity contribution in [3.05, 3.63) is 71.3 Å². The Morgan fingerprint density at radius 3 is 2.58 bits per heavy atom. The number of sulfonamides is 1. The fraction of sp³-hybridized carbons (Fsp3) is 0.423. The van der Waals surface area contributed by atoms with E-state index in [1.165, 1.54) is 24.5 Å². The van der Waals surface area contributed by atoms with Crippen molar-refractivity contribution in [2.45, 2.75) is 63.3 Å². The van der Waals surface area contributed by atoms with Crippen LogP contribution in [0.4, 0.5) is 0 Å². The van der Waals surface area contributed by atoms with E-state index in [2.05, 4.69) is 16.1 Å². The number of amides is 1. The fourth-order valence-corrected chi connectivity index (χ4v) is 5.28. The van der Waals surface area contributed by atoms with Gasteiger partial charge in [0.1, 0.15) is 11.8 Å². The number of hydrogen-bond acceptors (Lipinski definition) is 4. The lowest BCUT2D eigenvalue weighted by Gasteiger charge is -2.20. The van der Waals surface area contributed by atoms with Crippen molar-refractivity contribution in [2.75, 3.05) is 13.2 Å². The molecule has 2 aromatic rings. The van der Waals surface area contributed by atoms with Gasteiger partial charge in [-0.25, -0.2) is 8.42 Å². The van der Waals surface area contributed by atoms with Crippen molar-refractivity contribution in [3.8, 4) is 5.75 Å². The third kappa shape index (κ3) is 7.44. The summed E-state index contributed by atoms with van der Waals surface area (Å²) in [5, 5.41) is 2.93. The average molecular weight is 471 g/mol. The number of allylic oxidation sites excluding steroid dienone is 1. The van der Waals surface area contributed by atoms with Gasteiger partial charge in [0, 0.05) is 6.54 Å². The Kier molecular flexibility index (Phi) is 9.09. The van der Waals surface area contributed by atoms with Gasteiger partial charge in [-0.3, -0.25) is 4.79 Å². The van der Waals surface area contributed by atoms with Gasteiger partial charge in [-0.05, 0) is 81.7 Å². The van der Waals surface area contributed by atoms with Crippen LogP contribution >= 0.6 is 0 Å². The Morgan fingerprint density at radius 1 is 1.12 bits per heavy atom. The summed E-state index contributed by atoms with van der Waals surface area (Å²) in [5.41, 5.74) is 2.98. The van der Waals surface area contributed by atoms with E-state index < -0.39 is 16.1 Å². The minimum Gasteiger partial charge on any atom is -0.494 e. The number of benzene rings is 2. The van der Waals surface area contributed by atoms with Crippen LogP contribution in [0.3, 0.4) is 0 Å². The summed E-state index contributed by atoms with van der Waals surface area (Å²) in [4.78, 5) is 13.1. The zero-order chi connectivity index (χ0) is 23.7. The second-order valence-corrected chi connectivity index (χ2v) is 10.1. The first-order chi connectivity index (χ1) is 15.9. The molecule has 1 unspecified atom stereocenters. The van der Waals surface area contributed by atoms with Gasteiger partial charge in [-0.2, -0.15) is 4.72 Å². The molecule has 7 heteroatoms. The smallest absolute Gasteiger partial charge is 0.241 e. The predicted molar refractivity (Wildman–Crippen MR) is 131 cm³/mol. The highest BCUT2D eigenvalue weighted by Gasteiger charge is 2.26. The summed E-state index contributed by atoms with van der Waals surface area (Å²) >= 11 is 0. The molecule has 1 aliphatic carbocycles. The van der Waals surface area contributed by atoms with Gasteiger partial charge < -0.3 is 10.1 Å². The third-order valence-electron chi connectivity index (χ3n) is 5.78. The summed E-state index contributed by atoms with van der Waals surface area (Å²) in [6.45, 7) is 4.68. The van der Waals surface area contributed by atoms with Crippen molar-refractivity contribution in [1.29, 1.82) is 0 Å². The summed E-state index contributed by atoms with van der Waals surface area (Å²) in [6.07, 6.45) is 7.92. The summed E-state index contributed by atoms with van der Waals surface area (Å²) in [5.74, 6) is 0.327. The largest absolute Gasteiger partial charge is 0.494 e. The fourth-order valence-electron chi connectivity index (χ4n) is 4.00. The zero-order valence-electron chi connectivity index (χ0n) is 19.5. The first kappa shape index (κ1) is 25.0. The summed E-state index contributed by atoms with van der Waals surface area (Å²) < 4.78 is 34.4. The third-order valence-corrected chi connectivity index (χ3v) is 7.25. The van der Waals surface area contributed by atoms with Gasteiger partial charge in [0.15, 0.2) is 0 Å². The molecule has 6 nitrogen and oxygen atoms in total. The molecule has 178 valence electrons. The van der Waals surface area contributed by atoms with E-state index in [1.807, 2.05) is 37.3 Å². The van der Waals surface area contributed by atoms with Gasteiger partial charge in [0.25, 0.3) is 0 Å². The molecule has 0 bridgehead atoms. The van der Waals surface area contributed by atoms with Crippen LogP contribution < -0.4 is 14.8 Å². The molecule has 1 atom stereocenters. The molecular formula is C26H34N2O4S. The quantitative estimate of drug-likeness (QED) is 0.480. The number of carbonyl (C=O) groups is 1. The van der Waals surface area contributed by atoms with Crippen LogP contribution in [0.5, 0.6) is 5.75 Å². The second-order valence-electron chi connectivity index (χ2n) is 8.37. The van der Waals surface area contributed by atoms with Crippen molar-refractivity contribution >= 4 is 15.9 Å². The number of ether oxygens (including phenoxy) is 1. The van der Waals surface area contributed by atoms with E-state index in [9.17, 15) is 13.2 Å². The Labute approximate surface area is 197 Å². The molecule has 0 heterocycles. The highest BCUT2D eigenvalue weighted by atomic mass is 32.2. The van der Waals surface area contributed by atoms with E-state index in [0.717, 1.165) is 30.4 Å². The monoisotopic (exact) mass is 470 g/mol. The SMILES string of the molecule is CCOc1ccc(S(=O)(=O)NC(Cc2ccccc2)C(=O)NCCC2=CCCCC2)cc1C. The predicted octanol–water partition coefficient (Wildman–Crippen LogP) is 4.29. The van der Waals surface area contributed by atoms with Gasteiger partial charge in [-0.15, -0.1) is 0 Å². The summed E-state index contributed by atoms with van der Waals surface area (Å²) in [6, 6.07) is 13.2. The zero-order valence-corrected chi connectivity index (χ0v) is 20.3.